The van der Waals surface area contributed by atoms with Crippen molar-refractivity contribution in [3.8, 4) is 11.4 Å². The number of alkyl halides is 2. The first-order valence-corrected chi connectivity index (χ1v) is 10.8. The van der Waals surface area contributed by atoms with E-state index < -0.39 is 12.1 Å². The molecule has 3 heterocycles. The average molecular weight is 424 g/mol. The summed E-state index contributed by atoms with van der Waals surface area (Å²) in [4.78, 5) is 17.9. The van der Waals surface area contributed by atoms with Gasteiger partial charge in [0, 0.05) is 25.2 Å². The fraction of sp³-hybridized carbons (Fsp3) is 0.474. The summed E-state index contributed by atoms with van der Waals surface area (Å²) >= 11 is 1.75. The molecule has 7 nitrogen and oxygen atoms in total. The number of aromatic amines is 1. The zero-order chi connectivity index (χ0) is 21.4. The first kappa shape index (κ1) is 23.0. The summed E-state index contributed by atoms with van der Waals surface area (Å²) in [6.45, 7) is 3.79. The Hall–Kier alpha value is -2.33. The van der Waals surface area contributed by atoms with Gasteiger partial charge in [0.2, 0.25) is 0 Å². The standard InChI is InChI=1S/C17H21F2N7.C2H6S/c1-10-4-11(20)8-26(7-10)16-5-13(23-9-24-16)14-6-22-15(25-14)3-2-12(21)17(18)19;1-3-2/h2-3,5-6,9-11,17,21H,4,7-8,20H2,1H3,(H,22,25);1-2H3/b3-2-,21-12?;. The second kappa shape index (κ2) is 11.0. The van der Waals surface area contributed by atoms with Gasteiger partial charge in [0.1, 0.15) is 18.0 Å². The number of hydrogen-bond donors (Lipinski definition) is 3. The Balaban J connectivity index is 0.000000941. The van der Waals surface area contributed by atoms with Crippen molar-refractivity contribution >= 4 is 29.4 Å². The lowest BCUT2D eigenvalue weighted by atomic mass is 9.96. The van der Waals surface area contributed by atoms with Gasteiger partial charge in [-0.05, 0) is 37.0 Å². The molecule has 0 aliphatic carbocycles. The highest BCUT2D eigenvalue weighted by molar-refractivity contribution is 7.97. The molecule has 10 heteroatoms. The van der Waals surface area contributed by atoms with Crippen molar-refractivity contribution in [2.75, 3.05) is 30.5 Å². The number of rotatable bonds is 5. The number of nitrogens with zero attached hydrogens (tertiary/aromatic N) is 4. The summed E-state index contributed by atoms with van der Waals surface area (Å²) in [7, 11) is 0. The third-order valence-electron chi connectivity index (χ3n) is 4.20. The Labute approximate surface area is 173 Å². The van der Waals surface area contributed by atoms with E-state index in [1.807, 2.05) is 18.6 Å². The van der Waals surface area contributed by atoms with Gasteiger partial charge in [-0.1, -0.05) is 6.92 Å². The fourth-order valence-electron chi connectivity index (χ4n) is 3.05. The number of nitrogens with one attached hydrogen (secondary N) is 2. The molecule has 29 heavy (non-hydrogen) atoms. The SMILES string of the molecule is CC1CC(N)CN(c2cc(-c3cnc(/C=C\C(=N)C(F)F)[nH]3)ncn2)C1.CSC. The van der Waals surface area contributed by atoms with Crippen LogP contribution in [0.1, 0.15) is 19.2 Å². The van der Waals surface area contributed by atoms with E-state index in [0.29, 0.717) is 23.1 Å². The monoisotopic (exact) mass is 423 g/mol. The van der Waals surface area contributed by atoms with Gasteiger partial charge >= 0.3 is 0 Å². The number of H-pyrrole nitrogens is 1. The molecule has 4 N–H and O–H groups in total. The molecule has 158 valence electrons. The molecule has 1 saturated heterocycles. The zero-order valence-corrected chi connectivity index (χ0v) is 17.6. The molecule has 3 rings (SSSR count). The molecule has 2 aromatic rings. The Kier molecular flexibility index (Phi) is 8.71. The molecule has 2 atom stereocenters. The molecule has 0 radical (unpaired) electrons. The van der Waals surface area contributed by atoms with Crippen LogP contribution in [0.2, 0.25) is 0 Å². The second-order valence-electron chi connectivity index (χ2n) is 6.95. The van der Waals surface area contributed by atoms with Crippen LogP contribution in [0.5, 0.6) is 0 Å². The highest BCUT2D eigenvalue weighted by Gasteiger charge is 2.23. The summed E-state index contributed by atoms with van der Waals surface area (Å²) in [5, 5.41) is 7.12. The van der Waals surface area contributed by atoms with Crippen molar-refractivity contribution in [1.82, 2.24) is 19.9 Å². The van der Waals surface area contributed by atoms with Crippen LogP contribution >= 0.6 is 11.8 Å². The molecule has 2 unspecified atom stereocenters. The lowest BCUT2D eigenvalue weighted by Gasteiger charge is -2.35. The lowest BCUT2D eigenvalue weighted by molar-refractivity contribution is 0.226. The molecule has 0 saturated carbocycles. The van der Waals surface area contributed by atoms with Crippen molar-refractivity contribution in [1.29, 1.82) is 5.41 Å². The van der Waals surface area contributed by atoms with E-state index in [-0.39, 0.29) is 6.04 Å². The van der Waals surface area contributed by atoms with Gasteiger partial charge in [-0.3, -0.25) is 5.41 Å². The number of nitrogens with two attached hydrogens (primary N) is 1. The van der Waals surface area contributed by atoms with E-state index in [4.69, 9.17) is 11.1 Å². The van der Waals surface area contributed by atoms with Crippen LogP contribution in [0, 0.1) is 11.3 Å². The number of aromatic nitrogens is 4. The Morgan fingerprint density at radius 3 is 2.72 bits per heavy atom. The van der Waals surface area contributed by atoms with Crippen molar-refractivity contribution in [2.24, 2.45) is 11.7 Å². The third kappa shape index (κ3) is 6.90. The van der Waals surface area contributed by atoms with Gasteiger partial charge in [-0.2, -0.15) is 11.8 Å². The van der Waals surface area contributed by atoms with Crippen LogP contribution < -0.4 is 10.6 Å². The van der Waals surface area contributed by atoms with Gasteiger partial charge in [-0.15, -0.1) is 0 Å². The number of halogens is 2. The van der Waals surface area contributed by atoms with E-state index in [0.717, 1.165) is 31.4 Å². The minimum Gasteiger partial charge on any atom is -0.355 e. The molecule has 0 bridgehead atoms. The van der Waals surface area contributed by atoms with Gasteiger partial charge in [-0.25, -0.2) is 23.7 Å². The number of anilines is 1. The largest absolute Gasteiger partial charge is 0.355 e. The molecule has 2 aromatic heterocycles. The molecule has 0 aromatic carbocycles. The molecule has 0 amide bonds. The maximum Gasteiger partial charge on any atom is 0.279 e. The van der Waals surface area contributed by atoms with Crippen LogP contribution in [-0.2, 0) is 0 Å². The first-order valence-electron chi connectivity index (χ1n) is 9.16. The predicted molar refractivity (Wildman–Crippen MR) is 116 cm³/mol. The lowest BCUT2D eigenvalue weighted by Crippen LogP contribution is -2.46. The normalized spacial score (nSPS) is 19.3. The first-order chi connectivity index (χ1) is 13.8. The van der Waals surface area contributed by atoms with Crippen LogP contribution in [0.15, 0.2) is 24.7 Å². The highest BCUT2D eigenvalue weighted by Crippen LogP contribution is 2.24. The average Bonchev–Trinajstić information content (AvgIpc) is 3.15. The summed E-state index contributed by atoms with van der Waals surface area (Å²) in [6, 6.07) is 1.97. The minimum absolute atomic E-state index is 0.117. The van der Waals surface area contributed by atoms with Gasteiger partial charge < -0.3 is 15.6 Å². The van der Waals surface area contributed by atoms with Gasteiger partial charge in [0.05, 0.1) is 23.3 Å². The van der Waals surface area contributed by atoms with Crippen LogP contribution in [0.3, 0.4) is 0 Å². The van der Waals surface area contributed by atoms with Crippen molar-refractivity contribution in [2.45, 2.75) is 25.8 Å². The summed E-state index contributed by atoms with van der Waals surface area (Å²) in [6.07, 6.45) is 7.70. The maximum absolute atomic E-state index is 12.3. The van der Waals surface area contributed by atoms with E-state index in [2.05, 4.69) is 31.8 Å². The Bertz CT molecular complexity index is 814. The van der Waals surface area contributed by atoms with Crippen molar-refractivity contribution < 1.29 is 8.78 Å². The molecule has 1 aliphatic heterocycles. The van der Waals surface area contributed by atoms with Gasteiger partial charge in [0.15, 0.2) is 0 Å². The van der Waals surface area contributed by atoms with Crippen LogP contribution in [0.25, 0.3) is 17.5 Å². The molecular formula is C19H27F2N7S. The Morgan fingerprint density at radius 2 is 2.07 bits per heavy atom. The summed E-state index contributed by atoms with van der Waals surface area (Å²) in [5.41, 5.74) is 6.64. The number of hydrogen-bond acceptors (Lipinski definition) is 7. The van der Waals surface area contributed by atoms with E-state index >= 15 is 0 Å². The van der Waals surface area contributed by atoms with Crippen molar-refractivity contribution in [3.63, 3.8) is 0 Å². The van der Waals surface area contributed by atoms with E-state index in [1.54, 1.807) is 18.0 Å². The maximum atomic E-state index is 12.3. The molecular weight excluding hydrogens is 396 g/mol. The minimum atomic E-state index is -2.80. The molecule has 1 fully saturated rings. The summed E-state index contributed by atoms with van der Waals surface area (Å²) in [5.74, 6) is 1.66. The topological polar surface area (TPSA) is 108 Å². The Morgan fingerprint density at radius 1 is 1.34 bits per heavy atom. The number of allylic oxidation sites excluding steroid dienone is 1. The number of imidazole rings is 1. The third-order valence-corrected chi connectivity index (χ3v) is 4.20. The van der Waals surface area contributed by atoms with E-state index in [1.165, 1.54) is 12.4 Å². The van der Waals surface area contributed by atoms with Crippen molar-refractivity contribution in [3.05, 3.63) is 30.5 Å². The molecule has 0 spiro atoms. The smallest absolute Gasteiger partial charge is 0.279 e. The number of piperidine rings is 1. The quantitative estimate of drug-likeness (QED) is 0.637. The highest BCUT2D eigenvalue weighted by atomic mass is 32.2. The van der Waals surface area contributed by atoms with Gasteiger partial charge in [0.25, 0.3) is 6.43 Å². The number of thioether (sulfide) groups is 1. The fourth-order valence-corrected chi connectivity index (χ4v) is 3.05. The summed E-state index contributed by atoms with van der Waals surface area (Å²) < 4.78 is 24.7. The molecule has 1 aliphatic rings. The van der Waals surface area contributed by atoms with E-state index in [9.17, 15) is 8.78 Å². The zero-order valence-electron chi connectivity index (χ0n) is 16.8. The predicted octanol–water partition coefficient (Wildman–Crippen LogP) is 3.32. The second-order valence-corrected chi connectivity index (χ2v) is 7.76. The van der Waals surface area contributed by atoms with Crippen LogP contribution in [-0.4, -0.2) is 63.7 Å². The van der Waals surface area contributed by atoms with Crippen LogP contribution in [0.4, 0.5) is 14.6 Å².